The molecule has 112 valence electrons. The first-order valence-corrected chi connectivity index (χ1v) is 7.54. The molecule has 2 N–H and O–H groups in total. The summed E-state index contributed by atoms with van der Waals surface area (Å²) in [6, 6.07) is 0.614. The Morgan fingerprint density at radius 2 is 2.00 bits per heavy atom. The molecule has 2 unspecified atom stereocenters. The van der Waals surface area contributed by atoms with Crippen LogP contribution in [0.5, 0.6) is 0 Å². The molecule has 1 aliphatic carbocycles. The monoisotopic (exact) mass is 270 g/mol. The summed E-state index contributed by atoms with van der Waals surface area (Å²) >= 11 is 0. The maximum atomic E-state index is 11.9. The number of carboxylic acid groups (broad SMARTS) is 1. The number of nitrogens with one attached hydrogen (secondary N) is 1. The van der Waals surface area contributed by atoms with Gasteiger partial charge in [-0.3, -0.25) is 10.1 Å². The van der Waals surface area contributed by atoms with Gasteiger partial charge in [-0.1, -0.05) is 13.3 Å². The summed E-state index contributed by atoms with van der Waals surface area (Å²) in [6.07, 6.45) is 4.30. The Kier molecular flexibility index (Phi) is 5.81. The van der Waals surface area contributed by atoms with E-state index in [4.69, 9.17) is 0 Å². The van der Waals surface area contributed by atoms with Gasteiger partial charge in [0.15, 0.2) is 0 Å². The molecule has 0 radical (unpaired) electrons. The van der Waals surface area contributed by atoms with Gasteiger partial charge in [-0.15, -0.1) is 0 Å². The van der Waals surface area contributed by atoms with Crippen molar-refractivity contribution in [3.05, 3.63) is 0 Å². The second-order valence-electron chi connectivity index (χ2n) is 6.40. The highest BCUT2D eigenvalue weighted by atomic mass is 16.4. The first-order chi connectivity index (χ1) is 8.83. The van der Waals surface area contributed by atoms with Crippen molar-refractivity contribution < 1.29 is 9.90 Å². The predicted octanol–water partition coefficient (Wildman–Crippen LogP) is 2.34. The number of likely N-dealkylation sites (N-methyl/N-ethyl adjacent to an activating group) is 1. The van der Waals surface area contributed by atoms with Gasteiger partial charge in [0.25, 0.3) is 0 Å². The van der Waals surface area contributed by atoms with Crippen molar-refractivity contribution in [2.45, 2.75) is 71.0 Å². The fourth-order valence-electron chi connectivity index (χ4n) is 2.88. The molecule has 0 aromatic rings. The number of carbonyl (C=O) groups is 1. The van der Waals surface area contributed by atoms with Gasteiger partial charge in [0.05, 0.1) is 0 Å². The summed E-state index contributed by atoms with van der Waals surface area (Å²) in [6.45, 7) is 8.98. The summed E-state index contributed by atoms with van der Waals surface area (Å²) in [5.74, 6) is -0.414. The van der Waals surface area contributed by atoms with Crippen molar-refractivity contribution >= 4 is 5.97 Å². The summed E-state index contributed by atoms with van der Waals surface area (Å²) in [5, 5.41) is 13.1. The highest BCUT2D eigenvalue weighted by molar-refractivity contribution is 5.80. The zero-order valence-corrected chi connectivity index (χ0v) is 13.1. The minimum Gasteiger partial charge on any atom is -0.480 e. The van der Waals surface area contributed by atoms with Crippen LogP contribution in [0.4, 0.5) is 0 Å². The molecule has 1 saturated carbocycles. The first kappa shape index (κ1) is 16.4. The lowest BCUT2D eigenvalue weighted by Gasteiger charge is -2.38. The first-order valence-electron chi connectivity index (χ1n) is 7.54. The molecule has 1 aliphatic rings. The smallest absolute Gasteiger partial charge is 0.325 e. The second kappa shape index (κ2) is 6.71. The lowest BCUT2D eigenvalue weighted by atomic mass is 9.90. The molecule has 0 aromatic heterocycles. The molecular weight excluding hydrogens is 240 g/mol. The summed E-state index contributed by atoms with van der Waals surface area (Å²) < 4.78 is 0. The molecule has 19 heavy (non-hydrogen) atoms. The van der Waals surface area contributed by atoms with Crippen LogP contribution in [-0.4, -0.2) is 47.2 Å². The Morgan fingerprint density at radius 1 is 1.42 bits per heavy atom. The van der Waals surface area contributed by atoms with Gasteiger partial charge in [0.1, 0.15) is 5.54 Å². The van der Waals surface area contributed by atoms with Crippen molar-refractivity contribution in [1.29, 1.82) is 0 Å². The van der Waals surface area contributed by atoms with E-state index < -0.39 is 11.5 Å². The van der Waals surface area contributed by atoms with E-state index in [1.54, 1.807) is 0 Å². The standard InChI is InChI=1S/C15H30N2O2/c1-6-7-12(4)17(5)10-15(14(18)19,13-8-9-13)16-11(2)3/h11-13,16H,6-10H2,1-5H3,(H,18,19). The van der Waals surface area contributed by atoms with Crippen LogP contribution < -0.4 is 5.32 Å². The van der Waals surface area contributed by atoms with Crippen LogP contribution >= 0.6 is 0 Å². The summed E-state index contributed by atoms with van der Waals surface area (Å²) in [5.41, 5.74) is -0.773. The third-order valence-electron chi connectivity index (χ3n) is 4.16. The average Bonchev–Trinajstić information content (AvgIpc) is 3.11. The van der Waals surface area contributed by atoms with E-state index in [0.717, 1.165) is 25.7 Å². The maximum absolute atomic E-state index is 11.9. The Hall–Kier alpha value is -0.610. The van der Waals surface area contributed by atoms with Gasteiger partial charge >= 0.3 is 5.97 Å². The number of carboxylic acids is 1. The molecule has 0 saturated heterocycles. The van der Waals surface area contributed by atoms with Gasteiger partial charge in [-0.2, -0.15) is 0 Å². The summed E-state index contributed by atoms with van der Waals surface area (Å²) in [7, 11) is 2.04. The fraction of sp³-hybridized carbons (Fsp3) is 0.933. The molecule has 4 heteroatoms. The van der Waals surface area contributed by atoms with Crippen LogP contribution in [0.25, 0.3) is 0 Å². The average molecular weight is 270 g/mol. The highest BCUT2D eigenvalue weighted by Gasteiger charge is 2.52. The SMILES string of the molecule is CCCC(C)N(C)CC(NC(C)C)(C(=O)O)C1CC1. The van der Waals surface area contributed by atoms with Crippen LogP contribution in [0.2, 0.25) is 0 Å². The van der Waals surface area contributed by atoms with Crippen molar-refractivity contribution in [1.82, 2.24) is 10.2 Å². The van der Waals surface area contributed by atoms with Crippen LogP contribution in [-0.2, 0) is 4.79 Å². The maximum Gasteiger partial charge on any atom is 0.325 e. The van der Waals surface area contributed by atoms with Gasteiger partial charge in [0.2, 0.25) is 0 Å². The second-order valence-corrected chi connectivity index (χ2v) is 6.40. The molecular formula is C15H30N2O2. The van der Waals surface area contributed by atoms with Crippen molar-refractivity contribution in [3.63, 3.8) is 0 Å². The molecule has 0 aliphatic heterocycles. The Morgan fingerprint density at radius 3 is 2.37 bits per heavy atom. The van der Waals surface area contributed by atoms with E-state index in [1.807, 2.05) is 20.9 Å². The number of nitrogens with zero attached hydrogens (tertiary/aromatic N) is 1. The Labute approximate surface area is 117 Å². The molecule has 0 amide bonds. The van der Waals surface area contributed by atoms with Crippen molar-refractivity contribution in [2.24, 2.45) is 5.92 Å². The largest absolute Gasteiger partial charge is 0.480 e. The zero-order chi connectivity index (χ0) is 14.6. The minimum absolute atomic E-state index is 0.187. The number of aliphatic carboxylic acids is 1. The number of hydrogen-bond acceptors (Lipinski definition) is 3. The highest BCUT2D eigenvalue weighted by Crippen LogP contribution is 2.41. The van der Waals surface area contributed by atoms with E-state index in [2.05, 4.69) is 24.1 Å². The van der Waals surface area contributed by atoms with Gasteiger partial charge in [-0.05, 0) is 53.0 Å². The fourth-order valence-corrected chi connectivity index (χ4v) is 2.88. The number of hydrogen-bond donors (Lipinski definition) is 2. The predicted molar refractivity (Wildman–Crippen MR) is 78.4 cm³/mol. The van der Waals surface area contributed by atoms with E-state index in [1.165, 1.54) is 0 Å². The molecule has 0 heterocycles. The van der Waals surface area contributed by atoms with Gasteiger partial charge in [0, 0.05) is 18.6 Å². The number of rotatable bonds is 9. The van der Waals surface area contributed by atoms with E-state index in [-0.39, 0.29) is 12.0 Å². The van der Waals surface area contributed by atoms with Crippen LogP contribution in [0.1, 0.15) is 53.4 Å². The Balaban J connectivity index is 2.81. The third kappa shape index (κ3) is 4.18. The van der Waals surface area contributed by atoms with Crippen molar-refractivity contribution in [2.75, 3.05) is 13.6 Å². The quantitative estimate of drug-likeness (QED) is 0.675. The molecule has 0 bridgehead atoms. The minimum atomic E-state index is -0.773. The molecule has 2 atom stereocenters. The van der Waals surface area contributed by atoms with E-state index in [9.17, 15) is 9.90 Å². The third-order valence-corrected chi connectivity index (χ3v) is 4.16. The van der Waals surface area contributed by atoms with E-state index >= 15 is 0 Å². The molecule has 0 aromatic carbocycles. The van der Waals surface area contributed by atoms with Gasteiger partial charge in [-0.25, -0.2) is 0 Å². The van der Waals surface area contributed by atoms with Crippen LogP contribution in [0.3, 0.4) is 0 Å². The van der Waals surface area contributed by atoms with Crippen LogP contribution in [0, 0.1) is 5.92 Å². The van der Waals surface area contributed by atoms with Crippen LogP contribution in [0.15, 0.2) is 0 Å². The van der Waals surface area contributed by atoms with E-state index in [0.29, 0.717) is 12.6 Å². The molecule has 1 fully saturated rings. The van der Waals surface area contributed by atoms with Crippen molar-refractivity contribution in [3.8, 4) is 0 Å². The molecule has 1 rings (SSSR count). The lowest BCUT2D eigenvalue weighted by Crippen LogP contribution is -2.62. The molecule has 4 nitrogen and oxygen atoms in total. The normalized spacial score (nSPS) is 20.6. The molecule has 0 spiro atoms. The Bertz CT molecular complexity index is 303. The van der Waals surface area contributed by atoms with Gasteiger partial charge < -0.3 is 10.0 Å². The zero-order valence-electron chi connectivity index (χ0n) is 13.1. The summed E-state index contributed by atoms with van der Waals surface area (Å²) in [4.78, 5) is 14.1. The topological polar surface area (TPSA) is 52.6 Å². The lowest BCUT2D eigenvalue weighted by molar-refractivity contribution is -0.147.